The fraction of sp³-hybridized carbons (Fsp3) is 0.353. The van der Waals surface area contributed by atoms with Crippen molar-refractivity contribution in [3.05, 3.63) is 52.0 Å². The first-order valence-electron chi connectivity index (χ1n) is 7.94. The van der Waals surface area contributed by atoms with Crippen LogP contribution in [0.25, 0.3) is 0 Å². The van der Waals surface area contributed by atoms with Crippen LogP contribution in [0.2, 0.25) is 0 Å². The summed E-state index contributed by atoms with van der Waals surface area (Å²) in [5, 5.41) is 0. The summed E-state index contributed by atoms with van der Waals surface area (Å²) in [6.45, 7) is 0.709. The molecule has 0 radical (unpaired) electrons. The molecule has 1 aliphatic rings. The van der Waals surface area contributed by atoms with E-state index >= 15 is 0 Å². The van der Waals surface area contributed by atoms with E-state index in [1.54, 1.807) is 0 Å². The Hall–Kier alpha value is -2.90. The molecule has 1 aliphatic heterocycles. The molecule has 3 rings (SSSR count). The van der Waals surface area contributed by atoms with E-state index in [-0.39, 0.29) is 29.5 Å². The Kier molecular flexibility index (Phi) is 4.69. The summed E-state index contributed by atoms with van der Waals surface area (Å²) >= 11 is 0. The van der Waals surface area contributed by atoms with E-state index in [1.807, 2.05) is 0 Å². The third kappa shape index (κ3) is 3.47. The van der Waals surface area contributed by atoms with Crippen molar-refractivity contribution in [3.63, 3.8) is 0 Å². The van der Waals surface area contributed by atoms with Crippen molar-refractivity contribution in [3.8, 4) is 5.75 Å². The molecule has 0 bridgehead atoms. The number of hydrogen-bond acceptors (Lipinski definition) is 4. The van der Waals surface area contributed by atoms with Crippen molar-refractivity contribution in [2.75, 3.05) is 20.2 Å². The van der Waals surface area contributed by atoms with Crippen molar-refractivity contribution in [1.82, 2.24) is 14.9 Å². The van der Waals surface area contributed by atoms with Crippen LogP contribution in [0, 0.1) is 11.7 Å². The molecule has 7 nitrogen and oxygen atoms in total. The van der Waals surface area contributed by atoms with Crippen LogP contribution < -0.4 is 10.4 Å². The highest BCUT2D eigenvalue weighted by atomic mass is 19.1. The summed E-state index contributed by atoms with van der Waals surface area (Å²) in [5.41, 5.74) is -0.129. The highest BCUT2D eigenvalue weighted by Gasteiger charge is 2.31. The maximum Gasteiger partial charge on any atom is 0.323 e. The number of H-pyrrole nitrogens is 2. The van der Waals surface area contributed by atoms with Gasteiger partial charge in [0, 0.05) is 25.2 Å². The van der Waals surface area contributed by atoms with Gasteiger partial charge >= 0.3 is 5.69 Å². The molecule has 1 saturated heterocycles. The number of ether oxygens (including phenoxy) is 1. The molecule has 0 spiro atoms. The highest BCUT2D eigenvalue weighted by molar-refractivity contribution is 6.01. The fourth-order valence-electron chi connectivity index (χ4n) is 3.09. The van der Waals surface area contributed by atoms with E-state index in [1.165, 1.54) is 30.3 Å². The third-order valence-electron chi connectivity index (χ3n) is 4.33. The zero-order valence-electron chi connectivity index (χ0n) is 13.7. The van der Waals surface area contributed by atoms with Crippen molar-refractivity contribution in [2.45, 2.75) is 12.8 Å². The number of imidazole rings is 1. The number of piperidine rings is 1. The molecule has 132 valence electrons. The van der Waals surface area contributed by atoms with E-state index < -0.39 is 17.4 Å². The van der Waals surface area contributed by atoms with Crippen LogP contribution in [-0.2, 0) is 0 Å². The topological polar surface area (TPSA) is 95.3 Å². The van der Waals surface area contributed by atoms with Gasteiger partial charge in [-0.25, -0.2) is 9.18 Å². The fourth-order valence-corrected chi connectivity index (χ4v) is 3.09. The third-order valence-corrected chi connectivity index (χ3v) is 4.33. The van der Waals surface area contributed by atoms with E-state index in [0.717, 1.165) is 6.07 Å². The van der Waals surface area contributed by atoms with Gasteiger partial charge in [-0.2, -0.15) is 0 Å². The minimum atomic E-state index is -0.516. The van der Waals surface area contributed by atoms with E-state index in [4.69, 9.17) is 4.74 Å². The summed E-state index contributed by atoms with van der Waals surface area (Å²) in [6.07, 6.45) is 2.56. The number of Topliss-reactive ketones (excluding diaryl/α,β-unsaturated/α-hetero) is 1. The Labute approximate surface area is 142 Å². The second-order valence-corrected chi connectivity index (χ2v) is 5.96. The van der Waals surface area contributed by atoms with Crippen LogP contribution in [0.5, 0.6) is 5.75 Å². The normalized spacial score (nSPS) is 17.4. The average molecular weight is 347 g/mol. The van der Waals surface area contributed by atoms with E-state index in [0.29, 0.717) is 25.1 Å². The second kappa shape index (κ2) is 6.92. The number of aromatic nitrogens is 2. The summed E-state index contributed by atoms with van der Waals surface area (Å²) in [7, 11) is 1.42. The molecular formula is C17H18FN3O4. The molecule has 0 saturated carbocycles. The van der Waals surface area contributed by atoms with Gasteiger partial charge in [0.15, 0.2) is 5.78 Å². The first-order chi connectivity index (χ1) is 12.0. The Bertz CT molecular complexity index is 858. The first kappa shape index (κ1) is 16.9. The summed E-state index contributed by atoms with van der Waals surface area (Å²) in [5.74, 6) is -1.25. The number of methoxy groups -OCH3 is 1. The Morgan fingerprint density at radius 2 is 2.16 bits per heavy atom. The number of carbonyl (C=O) groups is 2. The molecular weight excluding hydrogens is 329 g/mol. The number of hydrogen-bond donors (Lipinski definition) is 2. The number of rotatable bonds is 4. The smallest absolute Gasteiger partial charge is 0.323 e. The van der Waals surface area contributed by atoms with Crippen molar-refractivity contribution >= 4 is 11.7 Å². The lowest BCUT2D eigenvalue weighted by Crippen LogP contribution is -2.42. The number of carbonyl (C=O) groups excluding carboxylic acids is 2. The van der Waals surface area contributed by atoms with Crippen molar-refractivity contribution in [1.29, 1.82) is 0 Å². The SMILES string of the molecule is COc1ccc(F)cc1C(=O)[C@H]1CCCN(C(=O)c2c[nH]c(=O)[nH]2)C1. The monoisotopic (exact) mass is 347 g/mol. The van der Waals surface area contributed by atoms with Crippen LogP contribution >= 0.6 is 0 Å². The maximum atomic E-state index is 13.5. The average Bonchev–Trinajstić information content (AvgIpc) is 3.07. The Morgan fingerprint density at radius 1 is 1.36 bits per heavy atom. The molecule has 25 heavy (non-hydrogen) atoms. The molecule has 1 aromatic carbocycles. The second-order valence-electron chi connectivity index (χ2n) is 5.96. The zero-order chi connectivity index (χ0) is 18.0. The van der Waals surface area contributed by atoms with Gasteiger partial charge in [-0.15, -0.1) is 0 Å². The van der Waals surface area contributed by atoms with Crippen LogP contribution in [0.1, 0.15) is 33.7 Å². The molecule has 1 fully saturated rings. The molecule has 1 amide bonds. The lowest BCUT2D eigenvalue weighted by Gasteiger charge is -2.31. The molecule has 0 unspecified atom stereocenters. The minimum absolute atomic E-state index is 0.154. The minimum Gasteiger partial charge on any atom is -0.496 e. The van der Waals surface area contributed by atoms with Gasteiger partial charge in [0.2, 0.25) is 0 Å². The molecule has 8 heteroatoms. The van der Waals surface area contributed by atoms with E-state index in [9.17, 15) is 18.8 Å². The van der Waals surface area contributed by atoms with Crippen molar-refractivity contribution < 1.29 is 18.7 Å². The number of aromatic amines is 2. The van der Waals surface area contributed by atoms with Crippen LogP contribution in [0.4, 0.5) is 4.39 Å². The van der Waals surface area contributed by atoms with Crippen molar-refractivity contribution in [2.24, 2.45) is 5.92 Å². The summed E-state index contributed by atoms with van der Waals surface area (Å²) in [6, 6.07) is 3.80. The molecule has 0 aliphatic carbocycles. The largest absolute Gasteiger partial charge is 0.496 e. The molecule has 2 N–H and O–H groups in total. The number of nitrogens with one attached hydrogen (secondary N) is 2. The zero-order valence-corrected chi connectivity index (χ0v) is 13.7. The van der Waals surface area contributed by atoms with Gasteiger partial charge in [0.1, 0.15) is 17.3 Å². The molecule has 1 atom stereocenters. The number of ketones is 1. The maximum absolute atomic E-state index is 13.5. The predicted molar refractivity (Wildman–Crippen MR) is 87.3 cm³/mol. The highest BCUT2D eigenvalue weighted by Crippen LogP contribution is 2.27. The molecule has 1 aromatic heterocycles. The lowest BCUT2D eigenvalue weighted by atomic mass is 9.89. The van der Waals surface area contributed by atoms with Gasteiger partial charge in [0.05, 0.1) is 12.7 Å². The molecule has 2 heterocycles. The first-order valence-corrected chi connectivity index (χ1v) is 7.94. The van der Waals surface area contributed by atoms with Crippen LogP contribution in [-0.4, -0.2) is 46.8 Å². The molecule has 2 aromatic rings. The number of nitrogens with zero attached hydrogens (tertiary/aromatic N) is 1. The Balaban J connectivity index is 1.79. The van der Waals surface area contributed by atoms with Gasteiger partial charge in [-0.3, -0.25) is 9.59 Å². The standard InChI is InChI=1S/C17H18FN3O4/c1-25-14-5-4-11(18)7-12(14)15(22)10-3-2-6-21(9-10)16(23)13-8-19-17(24)20-13/h4-5,7-8,10H,2-3,6,9H2,1H3,(H2,19,20,24)/t10-/m0/s1. The van der Waals surface area contributed by atoms with Gasteiger partial charge in [-0.1, -0.05) is 0 Å². The summed E-state index contributed by atoms with van der Waals surface area (Å²) in [4.78, 5) is 42.7. The van der Waals surface area contributed by atoms with E-state index in [2.05, 4.69) is 9.97 Å². The number of halogens is 1. The van der Waals surface area contributed by atoms with Crippen LogP contribution in [0.3, 0.4) is 0 Å². The van der Waals surface area contributed by atoms with Gasteiger partial charge in [0.25, 0.3) is 5.91 Å². The van der Waals surface area contributed by atoms with Gasteiger partial charge in [-0.05, 0) is 31.0 Å². The summed E-state index contributed by atoms with van der Waals surface area (Å²) < 4.78 is 18.7. The number of benzene rings is 1. The number of likely N-dealkylation sites (tertiary alicyclic amines) is 1. The van der Waals surface area contributed by atoms with Crippen LogP contribution in [0.15, 0.2) is 29.2 Å². The quantitative estimate of drug-likeness (QED) is 0.821. The predicted octanol–water partition coefficient (Wildman–Crippen LogP) is 1.59. The lowest BCUT2D eigenvalue weighted by molar-refractivity contribution is 0.0631. The Morgan fingerprint density at radius 3 is 2.84 bits per heavy atom. The number of amides is 1. The van der Waals surface area contributed by atoms with Gasteiger partial charge < -0.3 is 19.6 Å².